The third-order valence-electron chi connectivity index (χ3n) is 4.55. The Morgan fingerprint density at radius 3 is 2.68 bits per heavy atom. The van der Waals surface area contributed by atoms with Crippen molar-refractivity contribution in [3.05, 3.63) is 58.1 Å². The molecule has 2 aromatic heterocycles. The second-order valence-electron chi connectivity index (χ2n) is 6.08. The first-order valence-electron chi connectivity index (χ1n) is 8.24. The van der Waals surface area contributed by atoms with Crippen LogP contribution in [0.25, 0.3) is 10.1 Å². The third kappa shape index (κ3) is 3.21. The summed E-state index contributed by atoms with van der Waals surface area (Å²) in [4.78, 5) is 10.2. The molecule has 0 N–H and O–H groups in total. The summed E-state index contributed by atoms with van der Waals surface area (Å²) in [7, 11) is 0. The molecule has 1 fully saturated rings. The zero-order valence-corrected chi connectivity index (χ0v) is 15.2. The lowest BCUT2D eigenvalue weighted by Gasteiger charge is -2.35. The molecule has 126 valence electrons. The van der Waals surface area contributed by atoms with Gasteiger partial charge in [-0.05, 0) is 18.2 Å². The molecule has 0 atom stereocenters. The van der Waals surface area contributed by atoms with Crippen LogP contribution in [0.5, 0.6) is 0 Å². The topological polar surface area (TPSA) is 43.2 Å². The van der Waals surface area contributed by atoms with Gasteiger partial charge < -0.3 is 4.90 Å². The third-order valence-corrected chi connectivity index (χ3v) is 6.25. The summed E-state index contributed by atoms with van der Waals surface area (Å²) in [5, 5.41) is 11.3. The number of pyridine rings is 1. The van der Waals surface area contributed by atoms with E-state index in [2.05, 4.69) is 39.1 Å². The van der Waals surface area contributed by atoms with Crippen LogP contribution in [0.2, 0.25) is 5.02 Å². The standard InChI is InChI=1S/C19H17ClN4S/c20-18-15-5-1-2-6-16(15)25-17(18)13-23-8-10-24(11-9-23)19-14(12-21)4-3-7-22-19/h1-7H,8-11,13H2. The van der Waals surface area contributed by atoms with Crippen LogP contribution in [0, 0.1) is 11.3 Å². The highest BCUT2D eigenvalue weighted by Gasteiger charge is 2.21. The van der Waals surface area contributed by atoms with Gasteiger partial charge in [-0.1, -0.05) is 29.8 Å². The van der Waals surface area contributed by atoms with Crippen molar-refractivity contribution in [1.82, 2.24) is 9.88 Å². The Hall–Kier alpha value is -2.13. The fourth-order valence-electron chi connectivity index (χ4n) is 3.22. The Bertz CT molecular complexity index is 938. The van der Waals surface area contributed by atoms with Crippen molar-refractivity contribution < 1.29 is 0 Å². The first kappa shape index (κ1) is 16.3. The molecule has 0 saturated carbocycles. The Kier molecular flexibility index (Phi) is 4.58. The Morgan fingerprint density at radius 2 is 1.92 bits per heavy atom. The van der Waals surface area contributed by atoms with Gasteiger partial charge in [-0.3, -0.25) is 4.90 Å². The van der Waals surface area contributed by atoms with Crippen LogP contribution in [-0.2, 0) is 6.54 Å². The smallest absolute Gasteiger partial charge is 0.146 e. The van der Waals surface area contributed by atoms with E-state index in [0.29, 0.717) is 5.56 Å². The van der Waals surface area contributed by atoms with Gasteiger partial charge >= 0.3 is 0 Å². The highest BCUT2D eigenvalue weighted by atomic mass is 35.5. The van der Waals surface area contributed by atoms with Crippen LogP contribution < -0.4 is 4.90 Å². The Labute approximate surface area is 155 Å². The summed E-state index contributed by atoms with van der Waals surface area (Å²) in [5.74, 6) is 0.796. The van der Waals surface area contributed by atoms with Gasteiger partial charge in [0.2, 0.25) is 0 Å². The number of rotatable bonds is 3. The lowest BCUT2D eigenvalue weighted by Crippen LogP contribution is -2.46. The molecule has 0 bridgehead atoms. The van der Waals surface area contributed by atoms with Gasteiger partial charge in [0.15, 0.2) is 0 Å². The molecular weight excluding hydrogens is 352 g/mol. The number of halogens is 1. The minimum absolute atomic E-state index is 0.642. The van der Waals surface area contributed by atoms with Gasteiger partial charge in [-0.15, -0.1) is 11.3 Å². The zero-order chi connectivity index (χ0) is 17.2. The van der Waals surface area contributed by atoms with Crippen molar-refractivity contribution in [2.24, 2.45) is 0 Å². The highest BCUT2D eigenvalue weighted by molar-refractivity contribution is 7.19. The fraction of sp³-hybridized carbons (Fsp3) is 0.263. The monoisotopic (exact) mass is 368 g/mol. The molecule has 0 unspecified atom stereocenters. The number of aromatic nitrogens is 1. The predicted octanol–water partition coefficient (Wildman–Crippen LogP) is 4.14. The number of benzene rings is 1. The molecule has 4 nitrogen and oxygen atoms in total. The molecule has 6 heteroatoms. The number of thiophene rings is 1. The molecule has 0 radical (unpaired) electrons. The number of hydrogen-bond acceptors (Lipinski definition) is 5. The van der Waals surface area contributed by atoms with Crippen LogP contribution in [-0.4, -0.2) is 36.1 Å². The molecule has 0 spiro atoms. The summed E-state index contributed by atoms with van der Waals surface area (Å²) in [6.45, 7) is 4.49. The highest BCUT2D eigenvalue weighted by Crippen LogP contribution is 2.36. The molecule has 0 amide bonds. The predicted molar refractivity (Wildman–Crippen MR) is 103 cm³/mol. The van der Waals surface area contributed by atoms with E-state index in [9.17, 15) is 5.26 Å². The number of fused-ring (bicyclic) bond motifs is 1. The van der Waals surface area contributed by atoms with Crippen LogP contribution >= 0.6 is 22.9 Å². The minimum atomic E-state index is 0.642. The van der Waals surface area contributed by atoms with Gasteiger partial charge in [0, 0.05) is 53.9 Å². The van der Waals surface area contributed by atoms with Crippen molar-refractivity contribution in [3.8, 4) is 6.07 Å². The van der Waals surface area contributed by atoms with Gasteiger partial charge in [-0.2, -0.15) is 5.26 Å². The largest absolute Gasteiger partial charge is 0.353 e. The minimum Gasteiger partial charge on any atom is -0.353 e. The molecule has 3 heterocycles. The van der Waals surface area contributed by atoms with Crippen molar-refractivity contribution in [2.45, 2.75) is 6.54 Å². The molecular formula is C19H17ClN4S. The molecule has 1 saturated heterocycles. The van der Waals surface area contributed by atoms with Crippen LogP contribution in [0.1, 0.15) is 10.4 Å². The van der Waals surface area contributed by atoms with E-state index in [0.717, 1.165) is 49.0 Å². The van der Waals surface area contributed by atoms with Crippen LogP contribution in [0.4, 0.5) is 5.82 Å². The maximum Gasteiger partial charge on any atom is 0.146 e. The first-order chi connectivity index (χ1) is 12.3. The fourth-order valence-corrected chi connectivity index (χ4v) is 4.76. The quantitative estimate of drug-likeness (QED) is 0.696. The van der Waals surface area contributed by atoms with Crippen molar-refractivity contribution in [3.63, 3.8) is 0 Å². The second kappa shape index (κ2) is 7.01. The molecule has 1 aliphatic rings. The molecule has 1 aromatic carbocycles. The first-order valence-corrected chi connectivity index (χ1v) is 9.44. The lowest BCUT2D eigenvalue weighted by molar-refractivity contribution is 0.251. The van der Waals surface area contributed by atoms with E-state index in [1.165, 1.54) is 9.58 Å². The maximum atomic E-state index is 9.26. The van der Waals surface area contributed by atoms with Gasteiger partial charge in [0.1, 0.15) is 11.9 Å². The Morgan fingerprint density at radius 1 is 1.12 bits per heavy atom. The normalized spacial score (nSPS) is 15.4. The average Bonchev–Trinajstić information content (AvgIpc) is 2.98. The van der Waals surface area contributed by atoms with Crippen molar-refractivity contribution in [1.29, 1.82) is 5.26 Å². The van der Waals surface area contributed by atoms with Crippen LogP contribution in [0.15, 0.2) is 42.6 Å². The van der Waals surface area contributed by atoms with Gasteiger partial charge in [0.05, 0.1) is 10.6 Å². The molecule has 1 aliphatic heterocycles. The van der Waals surface area contributed by atoms with Crippen LogP contribution in [0.3, 0.4) is 0 Å². The summed E-state index contributed by atoms with van der Waals surface area (Å²) >= 11 is 8.35. The number of nitrogens with zero attached hydrogens (tertiary/aromatic N) is 4. The molecule has 4 rings (SSSR count). The molecule has 25 heavy (non-hydrogen) atoms. The summed E-state index contributed by atoms with van der Waals surface area (Å²) in [6.07, 6.45) is 1.75. The average molecular weight is 369 g/mol. The SMILES string of the molecule is N#Cc1cccnc1N1CCN(Cc2sc3ccccc3c2Cl)CC1. The van der Waals surface area contributed by atoms with E-state index < -0.39 is 0 Å². The Balaban J connectivity index is 1.45. The maximum absolute atomic E-state index is 9.26. The van der Waals surface area contributed by atoms with E-state index in [-0.39, 0.29) is 0 Å². The zero-order valence-electron chi connectivity index (χ0n) is 13.7. The van der Waals surface area contributed by atoms with E-state index >= 15 is 0 Å². The van der Waals surface area contributed by atoms with Crippen molar-refractivity contribution >= 4 is 38.8 Å². The lowest BCUT2D eigenvalue weighted by atomic mass is 10.2. The van der Waals surface area contributed by atoms with Crippen molar-refractivity contribution in [2.75, 3.05) is 31.1 Å². The molecule has 3 aromatic rings. The molecule has 0 aliphatic carbocycles. The summed E-state index contributed by atoms with van der Waals surface area (Å²) in [5.41, 5.74) is 0.642. The number of hydrogen-bond donors (Lipinski definition) is 0. The number of anilines is 1. The van der Waals surface area contributed by atoms with E-state index in [4.69, 9.17) is 11.6 Å². The van der Waals surface area contributed by atoms with Gasteiger partial charge in [0.25, 0.3) is 0 Å². The second-order valence-corrected chi connectivity index (χ2v) is 7.60. The van der Waals surface area contributed by atoms with Gasteiger partial charge in [-0.25, -0.2) is 4.98 Å². The number of nitriles is 1. The summed E-state index contributed by atoms with van der Waals surface area (Å²) < 4.78 is 1.24. The van der Waals surface area contributed by atoms with E-state index in [1.54, 1.807) is 17.5 Å². The number of piperazine rings is 1. The van der Waals surface area contributed by atoms with E-state index in [1.807, 2.05) is 18.2 Å². The summed E-state index contributed by atoms with van der Waals surface area (Å²) in [6, 6.07) is 14.2.